The molecule has 1 heteroatoms. The van der Waals surface area contributed by atoms with Crippen molar-refractivity contribution in [3.05, 3.63) is 0 Å². The van der Waals surface area contributed by atoms with Crippen LogP contribution in [0.15, 0.2) is 0 Å². The molecule has 0 spiro atoms. The second-order valence-corrected chi connectivity index (χ2v) is 17.4. The molecule has 62 valence electrons. The van der Waals surface area contributed by atoms with E-state index in [0.717, 1.165) is 0 Å². The molecule has 0 radical (unpaired) electrons. The molecule has 0 saturated heterocycles. The van der Waals surface area contributed by atoms with Gasteiger partial charge in [0.15, 0.2) is 0 Å². The van der Waals surface area contributed by atoms with Crippen LogP contribution in [0.25, 0.3) is 0 Å². The van der Waals surface area contributed by atoms with Crippen molar-refractivity contribution < 1.29 is 0 Å². The first kappa shape index (κ1) is 10.8. The molecule has 0 nitrogen and oxygen atoms in total. The van der Waals surface area contributed by atoms with E-state index in [1.54, 1.807) is 17.5 Å². The minimum absolute atomic E-state index is 1.33. The average molecular weight is 252 g/mol. The molecule has 0 aliphatic carbocycles. The molecule has 0 N–H and O–H groups in total. The van der Waals surface area contributed by atoms with Gasteiger partial charge in [-0.2, -0.15) is 0 Å². The first-order valence-corrected chi connectivity index (χ1v) is 11.8. The Morgan fingerprint density at radius 1 is 0.800 bits per heavy atom. The summed E-state index contributed by atoms with van der Waals surface area (Å²) >= 11 is -1.33. The molecule has 0 unspecified atom stereocenters. The van der Waals surface area contributed by atoms with Crippen molar-refractivity contribution in [1.82, 2.24) is 0 Å². The van der Waals surface area contributed by atoms with Gasteiger partial charge in [0.05, 0.1) is 0 Å². The van der Waals surface area contributed by atoms with E-state index in [0.29, 0.717) is 0 Å². The fourth-order valence-electron chi connectivity index (χ4n) is 1.62. The first-order chi connectivity index (χ1) is 4.74. The van der Waals surface area contributed by atoms with Crippen molar-refractivity contribution in [1.29, 1.82) is 0 Å². The second kappa shape index (κ2) is 5.47. The SMILES string of the molecule is CC[CH2][Sb+]([CH2]C)([CH2]C)[CH2]C. The Kier molecular flexibility index (Phi) is 5.91. The Balaban J connectivity index is 3.87. The summed E-state index contributed by atoms with van der Waals surface area (Å²) in [7, 11) is 0. The van der Waals surface area contributed by atoms with Crippen LogP contribution in [-0.2, 0) is 0 Å². The summed E-state index contributed by atoms with van der Waals surface area (Å²) < 4.78 is 6.28. The third-order valence-corrected chi connectivity index (χ3v) is 18.2. The van der Waals surface area contributed by atoms with Crippen LogP contribution in [0.2, 0.25) is 17.5 Å². The van der Waals surface area contributed by atoms with E-state index in [-0.39, 0.29) is 0 Å². The Morgan fingerprint density at radius 2 is 1.20 bits per heavy atom. The van der Waals surface area contributed by atoms with Crippen molar-refractivity contribution in [2.45, 2.75) is 51.6 Å². The molecule has 0 aromatic heterocycles. The quantitative estimate of drug-likeness (QED) is 0.651. The molecule has 0 heterocycles. The first-order valence-electron chi connectivity index (χ1n) is 4.59. The van der Waals surface area contributed by atoms with Crippen LogP contribution in [0.3, 0.4) is 0 Å². The van der Waals surface area contributed by atoms with Crippen molar-refractivity contribution >= 4 is 18.8 Å². The molecule has 10 heavy (non-hydrogen) atoms. The van der Waals surface area contributed by atoms with Crippen LogP contribution >= 0.6 is 0 Å². The average Bonchev–Trinajstić information content (AvgIpc) is 2.01. The van der Waals surface area contributed by atoms with Gasteiger partial charge in [0.25, 0.3) is 0 Å². The summed E-state index contributed by atoms with van der Waals surface area (Å²) in [5, 5.41) is 0. The van der Waals surface area contributed by atoms with E-state index < -0.39 is 18.8 Å². The standard InChI is InChI=1S/C3H7.3C2H5.Sb/c1-3-2;3*1-2;/h1,3H2,2H3;3*1H2,2H3;/q;;;;+1. The second-order valence-electron chi connectivity index (χ2n) is 3.01. The summed E-state index contributed by atoms with van der Waals surface area (Å²) in [5.41, 5.74) is 0. The van der Waals surface area contributed by atoms with Crippen LogP contribution in [0.1, 0.15) is 34.1 Å². The molecule has 0 bridgehead atoms. The predicted octanol–water partition coefficient (Wildman–Crippen LogP) is 3.90. The Bertz CT molecular complexity index is 66.5. The third kappa shape index (κ3) is 2.82. The molecule has 0 atom stereocenters. The fourth-order valence-corrected chi connectivity index (χ4v) is 10.9. The summed E-state index contributed by atoms with van der Waals surface area (Å²) in [5.74, 6) is 0. The summed E-state index contributed by atoms with van der Waals surface area (Å²) in [6.45, 7) is 9.57. The zero-order valence-electron chi connectivity index (χ0n) is 7.98. The normalized spacial score (nSPS) is 12.0. The van der Waals surface area contributed by atoms with Gasteiger partial charge in [0.1, 0.15) is 0 Å². The molecule has 0 fully saturated rings. The number of rotatable bonds is 5. The summed E-state index contributed by atoms with van der Waals surface area (Å²) in [4.78, 5) is 0. The van der Waals surface area contributed by atoms with Crippen LogP contribution in [0, 0.1) is 0 Å². The molecule has 0 rings (SSSR count). The predicted molar refractivity (Wildman–Crippen MR) is 52.3 cm³/mol. The van der Waals surface area contributed by atoms with Gasteiger partial charge in [-0.3, -0.25) is 0 Å². The molecule has 0 saturated carbocycles. The number of hydrogen-bond donors (Lipinski definition) is 0. The van der Waals surface area contributed by atoms with Gasteiger partial charge < -0.3 is 0 Å². The van der Waals surface area contributed by atoms with Gasteiger partial charge >= 0.3 is 70.4 Å². The van der Waals surface area contributed by atoms with Crippen molar-refractivity contribution in [2.24, 2.45) is 0 Å². The van der Waals surface area contributed by atoms with Gasteiger partial charge in [0, 0.05) is 0 Å². The topological polar surface area (TPSA) is 0 Å². The zero-order chi connectivity index (χ0) is 8.04. The molecule has 0 aliphatic rings. The van der Waals surface area contributed by atoms with Crippen LogP contribution in [0.4, 0.5) is 0 Å². The van der Waals surface area contributed by atoms with Gasteiger partial charge in [-0.15, -0.1) is 0 Å². The Labute approximate surface area is 70.4 Å². The van der Waals surface area contributed by atoms with E-state index in [9.17, 15) is 0 Å². The Hall–Kier alpha value is 0.818. The molecular weight excluding hydrogens is 230 g/mol. The van der Waals surface area contributed by atoms with Gasteiger partial charge in [-0.25, -0.2) is 0 Å². The molecule has 0 amide bonds. The van der Waals surface area contributed by atoms with Gasteiger partial charge in [-0.1, -0.05) is 0 Å². The van der Waals surface area contributed by atoms with Gasteiger partial charge in [0.2, 0.25) is 0 Å². The molecule has 0 aliphatic heterocycles. The maximum atomic E-state index is 2.41. The van der Waals surface area contributed by atoms with Crippen LogP contribution in [0.5, 0.6) is 0 Å². The molecular formula is C9H22Sb+. The Morgan fingerprint density at radius 3 is 1.30 bits per heavy atom. The molecule has 0 aromatic carbocycles. The fraction of sp³-hybridized carbons (Fsp3) is 1.00. The zero-order valence-corrected chi connectivity index (χ0v) is 10.5. The van der Waals surface area contributed by atoms with E-state index in [2.05, 4.69) is 27.7 Å². The van der Waals surface area contributed by atoms with Gasteiger partial charge in [-0.05, 0) is 0 Å². The molecule has 0 aromatic rings. The maximum absolute atomic E-state index is 2.41. The van der Waals surface area contributed by atoms with Crippen molar-refractivity contribution in [2.75, 3.05) is 0 Å². The van der Waals surface area contributed by atoms with E-state index in [1.165, 1.54) is 6.42 Å². The summed E-state index contributed by atoms with van der Waals surface area (Å²) in [6, 6.07) is 0. The van der Waals surface area contributed by atoms with Crippen molar-refractivity contribution in [3.8, 4) is 0 Å². The van der Waals surface area contributed by atoms with E-state index in [1.807, 2.05) is 0 Å². The van der Waals surface area contributed by atoms with Crippen LogP contribution < -0.4 is 0 Å². The minimum atomic E-state index is -1.33. The monoisotopic (exact) mass is 251 g/mol. The number of hydrogen-bond acceptors (Lipinski definition) is 0. The summed E-state index contributed by atoms with van der Waals surface area (Å²) in [6.07, 6.45) is 1.43. The van der Waals surface area contributed by atoms with E-state index in [4.69, 9.17) is 0 Å². The van der Waals surface area contributed by atoms with Crippen molar-refractivity contribution in [3.63, 3.8) is 0 Å². The van der Waals surface area contributed by atoms with Crippen LogP contribution in [-0.4, -0.2) is 18.8 Å². The third-order valence-electron chi connectivity index (χ3n) is 2.71. The van der Waals surface area contributed by atoms with E-state index >= 15 is 0 Å².